The monoisotopic (exact) mass is 381 g/mol. The summed E-state index contributed by atoms with van der Waals surface area (Å²) in [6.45, 7) is 0. The highest BCUT2D eigenvalue weighted by Gasteiger charge is 2.59. The van der Waals surface area contributed by atoms with Gasteiger partial charge in [0.2, 0.25) is 11.8 Å². The lowest BCUT2D eigenvalue weighted by Gasteiger charge is -2.17. The van der Waals surface area contributed by atoms with Gasteiger partial charge in [-0.3, -0.25) is 14.5 Å². The number of anilines is 1. The smallest absolute Gasteiger partial charge is 0.238 e. The van der Waals surface area contributed by atoms with Gasteiger partial charge in [0.05, 0.1) is 28.7 Å². The van der Waals surface area contributed by atoms with Gasteiger partial charge in [0, 0.05) is 0 Å². The lowest BCUT2D eigenvalue weighted by atomic mass is 9.85. The molecule has 1 saturated carbocycles. The van der Waals surface area contributed by atoms with E-state index in [1.165, 1.54) is 17.0 Å². The minimum absolute atomic E-state index is 0.115. The van der Waals surface area contributed by atoms with Gasteiger partial charge in [0.1, 0.15) is 23.6 Å². The molecule has 29 heavy (non-hydrogen) atoms. The first-order chi connectivity index (χ1) is 14.1. The molecule has 3 aliphatic rings. The summed E-state index contributed by atoms with van der Waals surface area (Å²) in [7, 11) is 0. The van der Waals surface area contributed by atoms with Crippen LogP contribution in [0, 0.1) is 46.3 Å². The number of allylic oxidation sites excluding steroid dienone is 2. The van der Waals surface area contributed by atoms with Crippen molar-refractivity contribution in [3.05, 3.63) is 65.7 Å². The Morgan fingerprint density at radius 3 is 2.00 bits per heavy atom. The van der Waals surface area contributed by atoms with Crippen molar-refractivity contribution in [2.24, 2.45) is 23.7 Å². The summed E-state index contributed by atoms with van der Waals surface area (Å²) < 4.78 is 5.75. The van der Waals surface area contributed by atoms with Crippen molar-refractivity contribution < 1.29 is 14.3 Å². The molecule has 2 aromatic rings. The van der Waals surface area contributed by atoms with Crippen molar-refractivity contribution >= 4 is 17.5 Å². The summed E-state index contributed by atoms with van der Waals surface area (Å²) in [6, 6.07) is 15.3. The number of nitriles is 2. The number of hydrogen-bond acceptors (Lipinski definition) is 5. The normalized spacial score (nSPS) is 26.3. The second kappa shape index (κ2) is 6.32. The predicted molar refractivity (Wildman–Crippen MR) is 103 cm³/mol. The maximum Gasteiger partial charge on any atom is 0.238 e. The number of rotatable bonds is 3. The van der Waals surface area contributed by atoms with E-state index in [4.69, 9.17) is 15.3 Å². The number of carbonyl (C=O) groups excluding carboxylic acids is 2. The van der Waals surface area contributed by atoms with E-state index < -0.39 is 0 Å². The third kappa shape index (κ3) is 2.54. The molecule has 0 radical (unpaired) electrons. The van der Waals surface area contributed by atoms with Crippen LogP contribution in [0.2, 0.25) is 0 Å². The SMILES string of the molecule is N#Cc1ccc(Oc2ccc(N3C(=O)[C@@H]4[C@H](C3=O)[C@H]3C=C[C@H]4C3)cc2)cc1C#N. The lowest BCUT2D eigenvalue weighted by Crippen LogP contribution is -2.32. The van der Waals surface area contributed by atoms with Gasteiger partial charge in [0.25, 0.3) is 0 Å². The second-order valence-corrected chi connectivity index (χ2v) is 7.54. The summed E-state index contributed by atoms with van der Waals surface area (Å²) in [6.07, 6.45) is 5.05. The molecular weight excluding hydrogens is 366 g/mol. The van der Waals surface area contributed by atoms with E-state index in [0.717, 1.165) is 6.42 Å². The number of imide groups is 1. The van der Waals surface area contributed by atoms with E-state index in [2.05, 4.69) is 12.2 Å². The van der Waals surface area contributed by atoms with Crippen LogP contribution in [0.4, 0.5) is 5.69 Å². The molecule has 140 valence electrons. The molecule has 4 atom stereocenters. The first-order valence-electron chi connectivity index (χ1n) is 9.39. The van der Waals surface area contributed by atoms with Gasteiger partial charge in [-0.2, -0.15) is 10.5 Å². The minimum atomic E-state index is -0.225. The van der Waals surface area contributed by atoms with Crippen molar-refractivity contribution in [3.63, 3.8) is 0 Å². The third-order valence-electron chi connectivity index (χ3n) is 6.03. The predicted octanol–water partition coefficient (Wildman–Crippen LogP) is 3.53. The van der Waals surface area contributed by atoms with Crippen LogP contribution in [0.25, 0.3) is 0 Å². The van der Waals surface area contributed by atoms with E-state index in [-0.39, 0.29) is 46.6 Å². The molecule has 5 rings (SSSR count). The Morgan fingerprint density at radius 2 is 1.41 bits per heavy atom. The molecule has 2 aliphatic carbocycles. The summed E-state index contributed by atoms with van der Waals surface area (Å²) in [5.41, 5.74) is 1.07. The fourth-order valence-electron chi connectivity index (χ4n) is 4.73. The Balaban J connectivity index is 1.36. The fraction of sp³-hybridized carbons (Fsp3) is 0.217. The van der Waals surface area contributed by atoms with Crippen LogP contribution in [0.3, 0.4) is 0 Å². The number of fused-ring (bicyclic) bond motifs is 5. The Kier molecular flexibility index (Phi) is 3.75. The fourth-order valence-corrected chi connectivity index (χ4v) is 4.73. The van der Waals surface area contributed by atoms with Gasteiger partial charge >= 0.3 is 0 Å². The molecule has 2 amide bonds. The zero-order valence-corrected chi connectivity index (χ0v) is 15.3. The molecular formula is C23H15N3O3. The van der Waals surface area contributed by atoms with E-state index in [0.29, 0.717) is 17.2 Å². The van der Waals surface area contributed by atoms with Crippen LogP contribution in [-0.2, 0) is 9.59 Å². The third-order valence-corrected chi connectivity index (χ3v) is 6.03. The first kappa shape index (κ1) is 17.2. The highest BCUT2D eigenvalue weighted by atomic mass is 16.5. The molecule has 2 bridgehead atoms. The summed E-state index contributed by atoms with van der Waals surface area (Å²) in [4.78, 5) is 27.1. The largest absolute Gasteiger partial charge is 0.457 e. The number of amides is 2. The van der Waals surface area contributed by atoms with Gasteiger partial charge in [-0.1, -0.05) is 12.2 Å². The van der Waals surface area contributed by atoms with E-state index >= 15 is 0 Å². The Bertz CT molecular complexity index is 1120. The first-order valence-corrected chi connectivity index (χ1v) is 9.39. The van der Waals surface area contributed by atoms with Crippen LogP contribution in [0.1, 0.15) is 17.5 Å². The minimum Gasteiger partial charge on any atom is -0.457 e. The molecule has 6 nitrogen and oxygen atoms in total. The van der Waals surface area contributed by atoms with Gasteiger partial charge in [-0.05, 0) is 60.7 Å². The van der Waals surface area contributed by atoms with Gasteiger partial charge < -0.3 is 4.74 Å². The van der Waals surface area contributed by atoms with E-state index in [1.54, 1.807) is 30.3 Å². The zero-order chi connectivity index (χ0) is 20.1. The average molecular weight is 381 g/mol. The van der Waals surface area contributed by atoms with Gasteiger partial charge in [-0.25, -0.2) is 0 Å². The van der Waals surface area contributed by atoms with Crippen LogP contribution < -0.4 is 9.64 Å². The molecule has 2 aromatic carbocycles. The molecule has 0 N–H and O–H groups in total. The quantitative estimate of drug-likeness (QED) is 0.599. The van der Waals surface area contributed by atoms with Crippen molar-refractivity contribution in [1.29, 1.82) is 10.5 Å². The number of hydrogen-bond donors (Lipinski definition) is 0. The molecule has 1 aliphatic heterocycles. The van der Waals surface area contributed by atoms with Crippen molar-refractivity contribution in [2.75, 3.05) is 4.90 Å². The maximum absolute atomic E-state index is 12.9. The molecule has 1 heterocycles. The average Bonchev–Trinajstić information content (AvgIpc) is 3.42. The molecule has 6 heteroatoms. The molecule has 0 unspecified atom stereocenters. The van der Waals surface area contributed by atoms with Crippen molar-refractivity contribution in [1.82, 2.24) is 0 Å². The van der Waals surface area contributed by atoms with Crippen LogP contribution >= 0.6 is 0 Å². The van der Waals surface area contributed by atoms with Crippen LogP contribution in [-0.4, -0.2) is 11.8 Å². The highest BCUT2D eigenvalue weighted by Crippen LogP contribution is 2.53. The number of ether oxygens (including phenoxy) is 1. The van der Waals surface area contributed by atoms with Crippen LogP contribution in [0.5, 0.6) is 11.5 Å². The van der Waals surface area contributed by atoms with E-state index in [9.17, 15) is 9.59 Å². The van der Waals surface area contributed by atoms with E-state index in [1.807, 2.05) is 12.1 Å². The molecule has 2 fully saturated rings. The van der Waals surface area contributed by atoms with Crippen LogP contribution in [0.15, 0.2) is 54.6 Å². The summed E-state index contributed by atoms with van der Waals surface area (Å²) in [5.74, 6) is 0.613. The Hall–Kier alpha value is -3.90. The number of benzene rings is 2. The maximum atomic E-state index is 12.9. The van der Waals surface area contributed by atoms with Crippen molar-refractivity contribution in [2.45, 2.75) is 6.42 Å². The molecule has 0 aromatic heterocycles. The number of nitrogens with zero attached hydrogens (tertiary/aromatic N) is 3. The highest BCUT2D eigenvalue weighted by molar-refractivity contribution is 6.22. The summed E-state index contributed by atoms with van der Waals surface area (Å²) in [5, 5.41) is 18.1. The Labute approximate surface area is 167 Å². The second-order valence-electron chi connectivity index (χ2n) is 7.54. The standard InChI is InChI=1S/C23H15N3O3/c24-11-15-3-6-19(10-16(15)12-25)29-18-7-4-17(5-8-18)26-22(27)20-13-1-2-14(9-13)21(20)23(26)28/h1-8,10,13-14,20-21H,9H2/t13-,14-,20-,21+/m0/s1. The molecule has 1 saturated heterocycles. The Morgan fingerprint density at radius 1 is 0.828 bits per heavy atom. The summed E-state index contributed by atoms with van der Waals surface area (Å²) >= 11 is 0. The van der Waals surface area contributed by atoms with Crippen molar-refractivity contribution in [3.8, 4) is 23.6 Å². The lowest BCUT2D eigenvalue weighted by molar-refractivity contribution is -0.123. The van der Waals surface area contributed by atoms with Gasteiger partial charge in [0.15, 0.2) is 0 Å². The van der Waals surface area contributed by atoms with Gasteiger partial charge in [-0.15, -0.1) is 0 Å². The zero-order valence-electron chi connectivity index (χ0n) is 15.3. The topological polar surface area (TPSA) is 94.2 Å². The number of carbonyl (C=O) groups is 2. The molecule has 0 spiro atoms.